The third-order valence-corrected chi connectivity index (χ3v) is 3.37. The number of ketones is 1. The van der Waals surface area contributed by atoms with Crippen LogP contribution in [0.3, 0.4) is 0 Å². The Morgan fingerprint density at radius 2 is 1.92 bits per heavy atom. The number of hydrogen-bond donors (Lipinski definition) is 0. The lowest BCUT2D eigenvalue weighted by atomic mass is 9.98. The Labute approximate surface area is 145 Å². The molecular weight excluding hydrogens is 321 g/mol. The summed E-state index contributed by atoms with van der Waals surface area (Å²) in [7, 11) is 0. The molecule has 0 N–H and O–H groups in total. The number of halogens is 1. The van der Waals surface area contributed by atoms with Crippen molar-refractivity contribution in [3.63, 3.8) is 0 Å². The smallest absolute Gasteiger partial charge is 0.322 e. The van der Waals surface area contributed by atoms with E-state index in [-0.39, 0.29) is 12.2 Å². The van der Waals surface area contributed by atoms with Gasteiger partial charge in [-0.2, -0.15) is 0 Å². The lowest BCUT2D eigenvalue weighted by molar-refractivity contribution is -0.143. The van der Waals surface area contributed by atoms with Crippen molar-refractivity contribution in [2.75, 3.05) is 6.61 Å². The molecule has 2 aromatic rings. The zero-order chi connectivity index (χ0) is 18.2. The molecule has 2 aromatic carbocycles. The average Bonchev–Trinajstić information content (AvgIpc) is 2.63. The Morgan fingerprint density at radius 3 is 2.52 bits per heavy atom. The van der Waals surface area contributed by atoms with Gasteiger partial charge in [-0.1, -0.05) is 18.1 Å². The minimum Gasteiger partial charge on any atom is -0.465 e. The van der Waals surface area contributed by atoms with Crippen molar-refractivity contribution in [3.05, 3.63) is 65.5 Å². The van der Waals surface area contributed by atoms with Crippen LogP contribution in [0.4, 0.5) is 10.1 Å². The number of benzene rings is 2. The molecule has 0 aromatic heterocycles. The molecule has 25 heavy (non-hydrogen) atoms. The molecule has 0 spiro atoms. The molecule has 5 heteroatoms. The van der Waals surface area contributed by atoms with E-state index in [0.717, 1.165) is 12.3 Å². The van der Waals surface area contributed by atoms with Crippen LogP contribution in [-0.2, 0) is 9.53 Å². The highest BCUT2D eigenvalue weighted by Gasteiger charge is 2.29. The monoisotopic (exact) mass is 337 g/mol. The SMILES string of the molecule is C#Cc1ccc(N=CC(C(=O)OCC)C(=O)c2ccccc2F)cc1. The molecule has 0 aliphatic rings. The minimum absolute atomic E-state index is 0.102. The van der Waals surface area contributed by atoms with Gasteiger partial charge in [-0.3, -0.25) is 14.6 Å². The normalized spacial score (nSPS) is 11.7. The number of nitrogens with zero attached hydrogens (tertiary/aromatic N) is 1. The third-order valence-electron chi connectivity index (χ3n) is 3.37. The molecule has 0 radical (unpaired) electrons. The number of carbonyl (C=O) groups is 2. The van der Waals surface area contributed by atoms with Crippen LogP contribution in [0.25, 0.3) is 0 Å². The lowest BCUT2D eigenvalue weighted by Crippen LogP contribution is -2.28. The van der Waals surface area contributed by atoms with Crippen molar-refractivity contribution in [1.29, 1.82) is 0 Å². The molecule has 1 atom stereocenters. The van der Waals surface area contributed by atoms with Gasteiger partial charge in [0.2, 0.25) is 0 Å². The van der Waals surface area contributed by atoms with Gasteiger partial charge in [0.25, 0.3) is 0 Å². The van der Waals surface area contributed by atoms with E-state index < -0.39 is 23.5 Å². The van der Waals surface area contributed by atoms with Gasteiger partial charge in [0.05, 0.1) is 17.9 Å². The van der Waals surface area contributed by atoms with Gasteiger partial charge >= 0.3 is 5.97 Å². The van der Waals surface area contributed by atoms with E-state index in [1.165, 1.54) is 18.2 Å². The highest BCUT2D eigenvalue weighted by molar-refractivity contribution is 6.18. The molecule has 4 nitrogen and oxygen atoms in total. The molecular formula is C20H16FNO3. The first-order valence-corrected chi connectivity index (χ1v) is 7.63. The van der Waals surface area contributed by atoms with Crippen molar-refractivity contribution in [3.8, 4) is 12.3 Å². The summed E-state index contributed by atoms with van der Waals surface area (Å²) < 4.78 is 18.8. The maximum absolute atomic E-state index is 13.9. The van der Waals surface area contributed by atoms with E-state index in [4.69, 9.17) is 11.2 Å². The Hall–Kier alpha value is -3.26. The molecule has 126 valence electrons. The highest BCUT2D eigenvalue weighted by Crippen LogP contribution is 2.16. The maximum Gasteiger partial charge on any atom is 0.322 e. The zero-order valence-corrected chi connectivity index (χ0v) is 13.6. The molecule has 0 fully saturated rings. The van der Waals surface area contributed by atoms with Crippen LogP contribution < -0.4 is 0 Å². The van der Waals surface area contributed by atoms with Crippen LogP contribution >= 0.6 is 0 Å². The molecule has 0 aliphatic carbocycles. The Morgan fingerprint density at radius 1 is 1.24 bits per heavy atom. The summed E-state index contributed by atoms with van der Waals surface area (Å²) in [5.41, 5.74) is 1.01. The van der Waals surface area contributed by atoms with E-state index in [2.05, 4.69) is 10.9 Å². The number of Topliss-reactive ketones (excluding diaryl/α,β-unsaturated/α-hetero) is 1. The Kier molecular flexibility index (Phi) is 6.19. The predicted octanol–water partition coefficient (Wildman–Crippen LogP) is 3.57. The second-order valence-electron chi connectivity index (χ2n) is 5.04. The van der Waals surface area contributed by atoms with E-state index in [0.29, 0.717) is 11.3 Å². The number of aliphatic imine (C=N–C) groups is 1. The molecule has 0 aliphatic heterocycles. The lowest BCUT2D eigenvalue weighted by Gasteiger charge is -2.11. The highest BCUT2D eigenvalue weighted by atomic mass is 19.1. The fourth-order valence-corrected chi connectivity index (χ4v) is 2.10. The Bertz CT molecular complexity index is 835. The number of terminal acetylenes is 1. The summed E-state index contributed by atoms with van der Waals surface area (Å²) in [6, 6.07) is 12.1. The van der Waals surface area contributed by atoms with E-state index in [1.807, 2.05) is 0 Å². The van der Waals surface area contributed by atoms with Crippen LogP contribution in [0, 0.1) is 24.1 Å². The largest absolute Gasteiger partial charge is 0.465 e. The van der Waals surface area contributed by atoms with Crippen LogP contribution in [0.15, 0.2) is 53.5 Å². The molecule has 0 amide bonds. The van der Waals surface area contributed by atoms with Crippen molar-refractivity contribution in [1.82, 2.24) is 0 Å². The molecule has 2 rings (SSSR count). The zero-order valence-electron chi connectivity index (χ0n) is 13.6. The molecule has 0 bridgehead atoms. The standard InChI is InChI=1S/C20H16FNO3/c1-3-14-9-11-15(12-10-14)22-13-17(20(24)25-4-2)19(23)16-7-5-6-8-18(16)21/h1,5-13,17H,4H2,2H3. The van der Waals surface area contributed by atoms with E-state index in [1.54, 1.807) is 31.2 Å². The summed E-state index contributed by atoms with van der Waals surface area (Å²) in [5, 5.41) is 0. The summed E-state index contributed by atoms with van der Waals surface area (Å²) in [6.45, 7) is 1.73. The van der Waals surface area contributed by atoms with Gasteiger partial charge < -0.3 is 4.74 Å². The summed E-state index contributed by atoms with van der Waals surface area (Å²) in [5.74, 6) is -1.04. The number of hydrogen-bond acceptors (Lipinski definition) is 4. The molecule has 0 heterocycles. The second-order valence-corrected chi connectivity index (χ2v) is 5.04. The van der Waals surface area contributed by atoms with E-state index in [9.17, 15) is 14.0 Å². The predicted molar refractivity (Wildman–Crippen MR) is 93.4 cm³/mol. The maximum atomic E-state index is 13.9. The van der Waals surface area contributed by atoms with Gasteiger partial charge in [0.1, 0.15) is 5.82 Å². The van der Waals surface area contributed by atoms with Crippen LogP contribution in [0.1, 0.15) is 22.8 Å². The number of rotatable bonds is 6. The average molecular weight is 337 g/mol. The summed E-state index contributed by atoms with van der Waals surface area (Å²) >= 11 is 0. The van der Waals surface area contributed by atoms with Crippen LogP contribution in [-0.4, -0.2) is 24.6 Å². The van der Waals surface area contributed by atoms with Gasteiger partial charge in [-0.05, 0) is 43.3 Å². The number of carbonyl (C=O) groups excluding carboxylic acids is 2. The van der Waals surface area contributed by atoms with Crippen molar-refractivity contribution in [2.24, 2.45) is 10.9 Å². The van der Waals surface area contributed by atoms with Crippen LogP contribution in [0.2, 0.25) is 0 Å². The first kappa shape index (κ1) is 18.1. The summed E-state index contributed by atoms with van der Waals surface area (Å²) in [4.78, 5) is 28.8. The van der Waals surface area contributed by atoms with Gasteiger partial charge in [-0.25, -0.2) is 4.39 Å². The molecule has 0 saturated carbocycles. The van der Waals surface area contributed by atoms with Gasteiger partial charge in [0.15, 0.2) is 11.7 Å². The Balaban J connectivity index is 2.31. The minimum atomic E-state index is -1.33. The third kappa shape index (κ3) is 4.61. The number of esters is 1. The topological polar surface area (TPSA) is 55.7 Å². The van der Waals surface area contributed by atoms with Crippen LogP contribution in [0.5, 0.6) is 0 Å². The first-order chi connectivity index (χ1) is 12.1. The number of ether oxygens (including phenoxy) is 1. The van der Waals surface area contributed by atoms with E-state index >= 15 is 0 Å². The molecule has 1 unspecified atom stereocenters. The summed E-state index contributed by atoms with van der Waals surface area (Å²) in [6.07, 6.45) is 6.45. The van der Waals surface area contributed by atoms with Crippen molar-refractivity contribution in [2.45, 2.75) is 6.92 Å². The fraction of sp³-hybridized carbons (Fsp3) is 0.150. The second kappa shape index (κ2) is 8.55. The fourth-order valence-electron chi connectivity index (χ4n) is 2.10. The van der Waals surface area contributed by atoms with Crippen molar-refractivity contribution < 1.29 is 18.7 Å². The first-order valence-electron chi connectivity index (χ1n) is 7.63. The molecule has 0 saturated heterocycles. The van der Waals surface area contributed by atoms with Crippen molar-refractivity contribution >= 4 is 23.7 Å². The van der Waals surface area contributed by atoms with Gasteiger partial charge in [-0.15, -0.1) is 6.42 Å². The van der Waals surface area contributed by atoms with Gasteiger partial charge in [0, 0.05) is 11.8 Å². The quantitative estimate of drug-likeness (QED) is 0.266.